The molecule has 10 nitrogen and oxygen atoms in total. The largest absolute Gasteiger partial charge is 0.497 e. The summed E-state index contributed by atoms with van der Waals surface area (Å²) in [6.45, 7) is 2.07. The van der Waals surface area contributed by atoms with Crippen LogP contribution in [-0.2, 0) is 14.3 Å². The summed E-state index contributed by atoms with van der Waals surface area (Å²) in [4.78, 5) is 23.8. The van der Waals surface area contributed by atoms with Gasteiger partial charge in [0.25, 0.3) is 0 Å². The number of rotatable bonds is 10. The molecule has 0 aliphatic carbocycles. The van der Waals surface area contributed by atoms with E-state index in [2.05, 4.69) is 15.5 Å². The van der Waals surface area contributed by atoms with Crippen molar-refractivity contribution in [2.45, 2.75) is 12.1 Å². The first-order valence-corrected chi connectivity index (χ1v) is 11.2. The number of amides is 1. The first kappa shape index (κ1) is 24.6. The molecule has 0 radical (unpaired) electrons. The van der Waals surface area contributed by atoms with Gasteiger partial charge < -0.3 is 25.4 Å². The fraction of sp³-hybridized carbons (Fsp3) is 0.217. The van der Waals surface area contributed by atoms with Gasteiger partial charge in [-0.3, -0.25) is 4.79 Å². The van der Waals surface area contributed by atoms with Crippen LogP contribution in [0.4, 0.5) is 5.69 Å². The first-order chi connectivity index (χ1) is 16.4. The number of carbonyl (C=O) groups is 2. The van der Waals surface area contributed by atoms with Crippen LogP contribution in [0.3, 0.4) is 0 Å². The van der Waals surface area contributed by atoms with E-state index in [4.69, 9.17) is 20.1 Å². The normalized spacial score (nSPS) is 10.8. The molecule has 2 aromatic carbocycles. The van der Waals surface area contributed by atoms with E-state index in [-0.39, 0.29) is 11.7 Å². The predicted octanol–water partition coefficient (Wildman–Crippen LogP) is 2.98. The maximum atomic E-state index is 12.4. The summed E-state index contributed by atoms with van der Waals surface area (Å²) in [5.74, 6) is 7.18. The lowest BCUT2D eigenvalue weighted by Crippen LogP contribution is -2.16. The number of benzene rings is 2. The summed E-state index contributed by atoms with van der Waals surface area (Å²) in [6.07, 6.45) is 3.00. The smallest absolute Gasteiger partial charge is 0.330 e. The number of hydrogen-bond donors (Lipinski definition) is 2. The Labute approximate surface area is 201 Å². The van der Waals surface area contributed by atoms with Crippen LogP contribution in [0.1, 0.15) is 12.5 Å². The van der Waals surface area contributed by atoms with Crippen LogP contribution in [0.25, 0.3) is 17.5 Å². The van der Waals surface area contributed by atoms with Gasteiger partial charge in [0, 0.05) is 17.8 Å². The van der Waals surface area contributed by atoms with E-state index >= 15 is 0 Å². The van der Waals surface area contributed by atoms with E-state index in [1.54, 1.807) is 69.7 Å². The minimum absolute atomic E-state index is 0.0829. The van der Waals surface area contributed by atoms with Gasteiger partial charge in [-0.1, -0.05) is 23.9 Å². The van der Waals surface area contributed by atoms with Crippen LogP contribution in [0.5, 0.6) is 11.5 Å². The Morgan fingerprint density at radius 2 is 1.88 bits per heavy atom. The lowest BCUT2D eigenvalue weighted by atomic mass is 10.2. The molecule has 34 heavy (non-hydrogen) atoms. The third kappa shape index (κ3) is 6.29. The van der Waals surface area contributed by atoms with Gasteiger partial charge in [-0.25, -0.2) is 9.47 Å². The number of thioether (sulfide) groups is 1. The van der Waals surface area contributed by atoms with Crippen molar-refractivity contribution in [1.82, 2.24) is 14.9 Å². The van der Waals surface area contributed by atoms with Gasteiger partial charge >= 0.3 is 5.97 Å². The maximum absolute atomic E-state index is 12.4. The topological polar surface area (TPSA) is 131 Å². The summed E-state index contributed by atoms with van der Waals surface area (Å²) in [5.41, 5.74) is 2.07. The number of nitrogens with zero attached hydrogens (tertiary/aromatic N) is 3. The first-order valence-electron chi connectivity index (χ1n) is 10.3. The fourth-order valence-corrected chi connectivity index (χ4v) is 3.56. The summed E-state index contributed by atoms with van der Waals surface area (Å²) < 4.78 is 16.8. The lowest BCUT2D eigenvalue weighted by Gasteiger charge is -2.10. The second-order valence-electron chi connectivity index (χ2n) is 6.79. The highest BCUT2D eigenvalue weighted by Gasteiger charge is 2.17. The molecule has 0 saturated carbocycles. The van der Waals surface area contributed by atoms with E-state index in [0.717, 1.165) is 17.3 Å². The van der Waals surface area contributed by atoms with E-state index in [1.807, 2.05) is 0 Å². The second kappa shape index (κ2) is 11.8. The fourth-order valence-electron chi connectivity index (χ4n) is 2.90. The van der Waals surface area contributed by atoms with Crippen LogP contribution >= 0.6 is 11.8 Å². The van der Waals surface area contributed by atoms with Crippen molar-refractivity contribution < 1.29 is 23.8 Å². The van der Waals surface area contributed by atoms with E-state index in [0.29, 0.717) is 40.3 Å². The number of esters is 1. The monoisotopic (exact) mass is 483 g/mol. The SMILES string of the molecule is CCOC(=O)/C=C/c1ccc(NC(=O)CSc2nnc(-c3ccc(OC)cc3OC)n2N)cc1. The summed E-state index contributed by atoms with van der Waals surface area (Å²) in [6, 6.07) is 12.3. The number of carbonyl (C=O) groups excluding carboxylic acids is 2. The Morgan fingerprint density at radius 1 is 1.12 bits per heavy atom. The number of nitrogens with one attached hydrogen (secondary N) is 1. The number of ether oxygens (including phenoxy) is 3. The van der Waals surface area contributed by atoms with Crippen LogP contribution in [0.15, 0.2) is 53.7 Å². The molecule has 0 aliphatic heterocycles. The van der Waals surface area contributed by atoms with Crippen molar-refractivity contribution in [2.24, 2.45) is 0 Å². The summed E-state index contributed by atoms with van der Waals surface area (Å²) >= 11 is 1.15. The van der Waals surface area contributed by atoms with Crippen molar-refractivity contribution in [1.29, 1.82) is 0 Å². The summed E-state index contributed by atoms with van der Waals surface area (Å²) in [7, 11) is 3.11. The zero-order valence-electron chi connectivity index (χ0n) is 19.0. The third-order valence-corrected chi connectivity index (χ3v) is 5.48. The number of methoxy groups -OCH3 is 2. The van der Waals surface area contributed by atoms with Gasteiger partial charge in [-0.2, -0.15) is 0 Å². The standard InChI is InChI=1S/C23H25N5O5S/c1-4-33-21(30)12-7-15-5-8-16(9-6-15)25-20(29)14-34-23-27-26-22(28(23)24)18-11-10-17(31-2)13-19(18)32-3/h5-13H,4,14,24H2,1-3H3,(H,25,29)/b12-7+. The minimum atomic E-state index is -0.404. The molecule has 1 heterocycles. The van der Waals surface area contributed by atoms with Gasteiger partial charge in [0.2, 0.25) is 11.1 Å². The summed E-state index contributed by atoms with van der Waals surface area (Å²) in [5, 5.41) is 11.4. The van der Waals surface area contributed by atoms with E-state index in [9.17, 15) is 9.59 Å². The molecule has 0 atom stereocenters. The predicted molar refractivity (Wildman–Crippen MR) is 130 cm³/mol. The van der Waals surface area contributed by atoms with Gasteiger partial charge in [0.05, 0.1) is 32.1 Å². The third-order valence-electron chi connectivity index (χ3n) is 4.54. The molecule has 178 valence electrons. The zero-order valence-corrected chi connectivity index (χ0v) is 19.8. The molecule has 3 aromatic rings. The van der Waals surface area contributed by atoms with E-state index < -0.39 is 5.97 Å². The Kier molecular flexibility index (Phi) is 8.52. The molecule has 0 unspecified atom stereocenters. The van der Waals surface area contributed by atoms with Crippen molar-refractivity contribution in [3.05, 3.63) is 54.1 Å². The number of nitrogen functional groups attached to an aromatic ring is 1. The lowest BCUT2D eigenvalue weighted by molar-refractivity contribution is -0.137. The molecule has 11 heteroatoms. The van der Waals surface area contributed by atoms with Crippen molar-refractivity contribution in [3.63, 3.8) is 0 Å². The van der Waals surface area contributed by atoms with Gasteiger partial charge in [0.1, 0.15) is 11.5 Å². The Hall–Kier alpha value is -3.99. The maximum Gasteiger partial charge on any atom is 0.330 e. The molecule has 0 bridgehead atoms. The highest BCUT2D eigenvalue weighted by atomic mass is 32.2. The number of anilines is 1. The molecule has 0 spiro atoms. The number of nitrogens with two attached hydrogens (primary N) is 1. The van der Waals surface area contributed by atoms with Crippen LogP contribution < -0.4 is 20.6 Å². The molecule has 0 aliphatic rings. The Bertz CT molecular complexity index is 1180. The molecule has 0 saturated heterocycles. The van der Waals surface area contributed by atoms with Gasteiger partial charge in [-0.15, -0.1) is 10.2 Å². The average molecular weight is 484 g/mol. The van der Waals surface area contributed by atoms with Crippen molar-refractivity contribution >= 4 is 35.4 Å². The molecule has 0 fully saturated rings. The average Bonchev–Trinajstić information content (AvgIpc) is 3.22. The second-order valence-corrected chi connectivity index (χ2v) is 7.73. The van der Waals surface area contributed by atoms with Crippen LogP contribution in [0.2, 0.25) is 0 Å². The molecular weight excluding hydrogens is 458 g/mol. The molecule has 1 aromatic heterocycles. The van der Waals surface area contributed by atoms with Gasteiger partial charge in [-0.05, 0) is 42.8 Å². The van der Waals surface area contributed by atoms with Crippen molar-refractivity contribution in [3.8, 4) is 22.9 Å². The molecular formula is C23H25N5O5S. The van der Waals surface area contributed by atoms with Crippen molar-refractivity contribution in [2.75, 3.05) is 37.7 Å². The van der Waals surface area contributed by atoms with E-state index in [1.165, 1.54) is 10.8 Å². The van der Waals surface area contributed by atoms with Crippen LogP contribution in [-0.4, -0.2) is 53.3 Å². The Balaban J connectivity index is 1.59. The minimum Gasteiger partial charge on any atom is -0.497 e. The molecule has 3 N–H and O–H groups in total. The number of hydrogen-bond acceptors (Lipinski definition) is 9. The Morgan fingerprint density at radius 3 is 2.56 bits per heavy atom. The zero-order chi connectivity index (χ0) is 24.5. The van der Waals surface area contributed by atoms with Crippen LogP contribution in [0, 0.1) is 0 Å². The quantitative estimate of drug-likeness (QED) is 0.193. The highest BCUT2D eigenvalue weighted by Crippen LogP contribution is 2.33. The molecule has 1 amide bonds. The van der Waals surface area contributed by atoms with Gasteiger partial charge in [0.15, 0.2) is 5.82 Å². The number of aromatic nitrogens is 3. The highest BCUT2D eigenvalue weighted by molar-refractivity contribution is 7.99. The molecule has 3 rings (SSSR count).